The average Bonchev–Trinajstić information content (AvgIpc) is 2.66. The van der Waals surface area contributed by atoms with E-state index in [-0.39, 0.29) is 5.91 Å². The van der Waals surface area contributed by atoms with Crippen LogP contribution in [0.5, 0.6) is 0 Å². The molecular weight excluding hydrogens is 377 g/mol. The molecule has 0 aliphatic heterocycles. The molecule has 28 heavy (non-hydrogen) atoms. The van der Waals surface area contributed by atoms with Crippen LogP contribution in [0.25, 0.3) is 0 Å². The molecule has 0 spiro atoms. The number of halogens is 2. The Bertz CT molecular complexity index is 897. The van der Waals surface area contributed by atoms with Gasteiger partial charge in [0.1, 0.15) is 5.82 Å². The number of benzene rings is 2. The Labute approximate surface area is 171 Å². The van der Waals surface area contributed by atoms with E-state index in [1.165, 1.54) is 17.0 Å². The number of carbonyl (C=O) groups excluding carboxylic acids is 1. The van der Waals surface area contributed by atoms with Crippen LogP contribution in [0.4, 0.5) is 10.1 Å². The summed E-state index contributed by atoms with van der Waals surface area (Å²) in [6, 6.07) is 9.72. The van der Waals surface area contributed by atoms with E-state index < -0.39 is 11.2 Å². The molecular formula is C22H27ClFN3O. The van der Waals surface area contributed by atoms with Crippen LogP contribution >= 0.6 is 11.6 Å². The van der Waals surface area contributed by atoms with E-state index in [2.05, 4.69) is 4.99 Å². The molecule has 1 atom stereocenters. The molecule has 0 aliphatic carbocycles. The molecule has 0 saturated carbocycles. The molecule has 0 saturated heterocycles. The first-order valence-electron chi connectivity index (χ1n) is 9.14. The van der Waals surface area contributed by atoms with Crippen LogP contribution in [0.2, 0.25) is 5.02 Å². The molecule has 0 fully saturated rings. The Morgan fingerprint density at radius 2 is 1.93 bits per heavy atom. The van der Waals surface area contributed by atoms with Gasteiger partial charge in [0.05, 0.1) is 17.4 Å². The minimum atomic E-state index is -1.13. The van der Waals surface area contributed by atoms with E-state index in [0.717, 1.165) is 17.8 Å². The molecule has 6 heteroatoms. The lowest BCUT2D eigenvalue weighted by Gasteiger charge is -2.33. The minimum Gasteiger partial charge on any atom is -0.366 e. The van der Waals surface area contributed by atoms with Gasteiger partial charge in [-0.25, -0.2) is 9.38 Å². The van der Waals surface area contributed by atoms with Crippen LogP contribution in [0.15, 0.2) is 41.4 Å². The normalized spacial score (nSPS) is 13.4. The van der Waals surface area contributed by atoms with E-state index in [4.69, 9.17) is 11.6 Å². The van der Waals surface area contributed by atoms with Gasteiger partial charge in [-0.2, -0.15) is 0 Å². The average molecular weight is 404 g/mol. The third-order valence-corrected chi connectivity index (χ3v) is 5.27. The van der Waals surface area contributed by atoms with Gasteiger partial charge < -0.3 is 9.80 Å². The molecule has 2 aromatic carbocycles. The summed E-state index contributed by atoms with van der Waals surface area (Å²) in [7, 11) is 5.30. The van der Waals surface area contributed by atoms with Crippen molar-refractivity contribution in [1.82, 2.24) is 9.80 Å². The van der Waals surface area contributed by atoms with Crippen LogP contribution < -0.4 is 0 Å². The van der Waals surface area contributed by atoms with Crippen molar-refractivity contribution >= 4 is 29.5 Å². The Morgan fingerprint density at radius 3 is 2.50 bits per heavy atom. The van der Waals surface area contributed by atoms with Gasteiger partial charge in [-0.1, -0.05) is 29.8 Å². The molecule has 0 aliphatic rings. The Balaban J connectivity index is 2.66. The number of hydrogen-bond acceptors (Lipinski definition) is 2. The highest BCUT2D eigenvalue weighted by Crippen LogP contribution is 2.40. The van der Waals surface area contributed by atoms with Crippen LogP contribution in [0.1, 0.15) is 30.5 Å². The van der Waals surface area contributed by atoms with Crippen LogP contribution in [-0.2, 0) is 10.2 Å². The fourth-order valence-electron chi connectivity index (χ4n) is 3.08. The lowest BCUT2D eigenvalue weighted by atomic mass is 9.74. The minimum absolute atomic E-state index is 0.179. The molecule has 0 heterocycles. The van der Waals surface area contributed by atoms with Gasteiger partial charge in [-0.3, -0.25) is 4.79 Å². The fraction of sp³-hybridized carbons (Fsp3) is 0.364. The van der Waals surface area contributed by atoms with E-state index in [0.29, 0.717) is 16.1 Å². The number of amides is 1. The third-order valence-electron chi connectivity index (χ3n) is 4.95. The summed E-state index contributed by atoms with van der Waals surface area (Å²) in [5.74, 6) is -0.576. The van der Waals surface area contributed by atoms with Gasteiger partial charge in [0.25, 0.3) is 0 Å². The number of aryl methyl sites for hydroxylation is 1. The molecule has 4 nitrogen and oxygen atoms in total. The molecule has 0 bridgehead atoms. The number of carbonyl (C=O) groups is 1. The van der Waals surface area contributed by atoms with Crippen molar-refractivity contribution in [2.24, 2.45) is 4.99 Å². The summed E-state index contributed by atoms with van der Waals surface area (Å²) < 4.78 is 13.9. The van der Waals surface area contributed by atoms with Crippen molar-refractivity contribution in [3.8, 4) is 0 Å². The Kier molecular flexibility index (Phi) is 6.83. The molecule has 150 valence electrons. The van der Waals surface area contributed by atoms with Crippen molar-refractivity contribution in [1.29, 1.82) is 0 Å². The smallest absolute Gasteiger partial charge is 0.236 e. The standard InChI is InChI=1S/C22H27ClFN3O/c1-7-27(6)14-25-20-13-19(23)18(11-15(20)2)22(3,21(28)26(4)5)16-9-8-10-17(24)12-16/h8-14H,7H2,1-6H3. The summed E-state index contributed by atoms with van der Waals surface area (Å²) in [5.41, 5.74) is 1.66. The second kappa shape index (κ2) is 8.74. The van der Waals surface area contributed by atoms with E-state index >= 15 is 0 Å². The van der Waals surface area contributed by atoms with Crippen molar-refractivity contribution in [2.45, 2.75) is 26.2 Å². The maximum Gasteiger partial charge on any atom is 0.236 e. The zero-order valence-corrected chi connectivity index (χ0v) is 18.0. The van der Waals surface area contributed by atoms with Gasteiger partial charge in [0.2, 0.25) is 5.91 Å². The highest BCUT2D eigenvalue weighted by molar-refractivity contribution is 6.32. The molecule has 0 radical (unpaired) electrons. The molecule has 2 aromatic rings. The first-order valence-corrected chi connectivity index (χ1v) is 9.51. The van der Waals surface area contributed by atoms with Gasteiger partial charge in [0.15, 0.2) is 0 Å². The predicted octanol–water partition coefficient (Wildman–Crippen LogP) is 4.79. The topological polar surface area (TPSA) is 35.9 Å². The van der Waals surface area contributed by atoms with Crippen molar-refractivity contribution in [2.75, 3.05) is 27.7 Å². The summed E-state index contributed by atoms with van der Waals surface area (Å²) in [6.07, 6.45) is 1.75. The van der Waals surface area contributed by atoms with Crippen molar-refractivity contribution < 1.29 is 9.18 Å². The summed E-state index contributed by atoms with van der Waals surface area (Å²) in [4.78, 5) is 21.1. The number of hydrogen-bond donors (Lipinski definition) is 0. The molecule has 2 rings (SSSR count). The lowest BCUT2D eigenvalue weighted by Crippen LogP contribution is -2.42. The monoisotopic (exact) mass is 403 g/mol. The number of nitrogens with zero attached hydrogens (tertiary/aromatic N) is 3. The summed E-state index contributed by atoms with van der Waals surface area (Å²) >= 11 is 6.62. The van der Waals surface area contributed by atoms with E-state index in [1.54, 1.807) is 45.6 Å². The predicted molar refractivity (Wildman–Crippen MR) is 114 cm³/mol. The molecule has 1 unspecified atom stereocenters. The van der Waals surface area contributed by atoms with Crippen LogP contribution in [-0.4, -0.2) is 49.7 Å². The number of aliphatic imine (C=N–C) groups is 1. The van der Waals surface area contributed by atoms with Gasteiger partial charge >= 0.3 is 0 Å². The van der Waals surface area contributed by atoms with Crippen molar-refractivity contribution in [3.05, 3.63) is 63.9 Å². The zero-order valence-electron chi connectivity index (χ0n) is 17.3. The van der Waals surface area contributed by atoms with Crippen molar-refractivity contribution in [3.63, 3.8) is 0 Å². The lowest BCUT2D eigenvalue weighted by molar-refractivity contribution is -0.132. The first-order chi connectivity index (χ1) is 13.1. The second-order valence-corrected chi connectivity index (χ2v) is 7.68. The highest BCUT2D eigenvalue weighted by atomic mass is 35.5. The number of likely N-dealkylation sites (N-methyl/N-ethyl adjacent to an activating group) is 1. The molecule has 0 N–H and O–H groups in total. The quantitative estimate of drug-likeness (QED) is 0.513. The molecule has 1 amide bonds. The summed E-state index contributed by atoms with van der Waals surface area (Å²) in [6.45, 7) is 6.57. The SMILES string of the molecule is CCN(C)C=Nc1cc(Cl)c(C(C)(C(=O)N(C)C)c2cccc(F)c2)cc1C. The maximum absolute atomic E-state index is 13.9. The largest absolute Gasteiger partial charge is 0.366 e. The Hall–Kier alpha value is -2.40. The van der Waals surface area contributed by atoms with Gasteiger partial charge in [-0.15, -0.1) is 0 Å². The van der Waals surface area contributed by atoms with Crippen LogP contribution in [0, 0.1) is 12.7 Å². The third kappa shape index (κ3) is 4.36. The maximum atomic E-state index is 13.9. The van der Waals surface area contributed by atoms with Crippen LogP contribution in [0.3, 0.4) is 0 Å². The second-order valence-electron chi connectivity index (χ2n) is 7.27. The number of rotatable bonds is 6. The Morgan fingerprint density at radius 1 is 1.25 bits per heavy atom. The van der Waals surface area contributed by atoms with E-state index in [9.17, 15) is 9.18 Å². The van der Waals surface area contributed by atoms with Gasteiger partial charge in [0, 0.05) is 32.7 Å². The highest BCUT2D eigenvalue weighted by Gasteiger charge is 2.40. The summed E-state index contributed by atoms with van der Waals surface area (Å²) in [5, 5.41) is 0.416. The zero-order chi connectivity index (χ0) is 21.1. The van der Waals surface area contributed by atoms with Gasteiger partial charge in [-0.05, 0) is 55.7 Å². The van der Waals surface area contributed by atoms with E-state index in [1.807, 2.05) is 31.9 Å². The first kappa shape index (κ1) is 21.9. The molecule has 0 aromatic heterocycles. The fourth-order valence-corrected chi connectivity index (χ4v) is 3.42.